The molecule has 1 aromatic rings. The third kappa shape index (κ3) is 3.63. The second-order valence-corrected chi connectivity index (χ2v) is 7.55. The molecule has 0 aromatic carbocycles. The van der Waals surface area contributed by atoms with Gasteiger partial charge in [-0.3, -0.25) is 10.1 Å². The summed E-state index contributed by atoms with van der Waals surface area (Å²) < 4.78 is 25.6. The van der Waals surface area contributed by atoms with E-state index in [1.54, 1.807) is 13.8 Å². The minimum Gasteiger partial charge on any atom is -0.258 e. The summed E-state index contributed by atoms with van der Waals surface area (Å²) in [6.45, 7) is 3.36. The zero-order chi connectivity index (χ0) is 14.8. The molecule has 0 spiro atoms. The third-order valence-electron chi connectivity index (χ3n) is 2.20. The molecule has 1 N–H and O–H groups in total. The average molecular weight is 324 g/mol. The molecule has 1 unspecified atom stereocenters. The van der Waals surface area contributed by atoms with Gasteiger partial charge >= 0.3 is 0 Å². The summed E-state index contributed by atoms with van der Waals surface area (Å²) in [5.41, 5.74) is -0.468. The van der Waals surface area contributed by atoms with Crippen LogP contribution in [0.5, 0.6) is 0 Å². The fraction of sp³-hybridized carbons (Fsp3) is 0.444. The van der Waals surface area contributed by atoms with E-state index in [9.17, 15) is 18.5 Å². The fourth-order valence-corrected chi connectivity index (χ4v) is 4.10. The Labute approximate surface area is 119 Å². The van der Waals surface area contributed by atoms with Gasteiger partial charge in [-0.1, -0.05) is 25.4 Å². The number of rotatable bonds is 5. The average Bonchev–Trinajstić information content (AvgIpc) is 2.68. The van der Waals surface area contributed by atoms with E-state index in [0.717, 1.165) is 6.07 Å². The summed E-state index contributed by atoms with van der Waals surface area (Å²) in [5.74, 6) is -0.231. The lowest BCUT2D eigenvalue weighted by Gasteiger charge is -2.13. The number of nitriles is 1. The number of thiophene rings is 1. The number of nitrogens with one attached hydrogen (secondary N) is 1. The first-order valence-electron chi connectivity index (χ1n) is 5.04. The Morgan fingerprint density at radius 3 is 2.53 bits per heavy atom. The van der Waals surface area contributed by atoms with Crippen molar-refractivity contribution < 1.29 is 13.3 Å². The number of hydrogen-bond acceptors (Lipinski definition) is 6. The molecular formula is C9H10ClN3O4S2. The Kier molecular flexibility index (Phi) is 4.86. The van der Waals surface area contributed by atoms with Crippen LogP contribution in [0.1, 0.15) is 13.8 Å². The van der Waals surface area contributed by atoms with Crippen LogP contribution in [0.3, 0.4) is 0 Å². The molecule has 0 bridgehead atoms. The van der Waals surface area contributed by atoms with Crippen molar-refractivity contribution in [1.29, 1.82) is 5.26 Å². The van der Waals surface area contributed by atoms with Gasteiger partial charge in [-0.25, -0.2) is 8.42 Å². The van der Waals surface area contributed by atoms with Crippen LogP contribution in [0.4, 0.5) is 5.69 Å². The summed E-state index contributed by atoms with van der Waals surface area (Å²) in [6.07, 6.45) is 0. The minimum atomic E-state index is -3.99. The predicted molar refractivity (Wildman–Crippen MR) is 70.5 cm³/mol. The molecular weight excluding hydrogens is 314 g/mol. The number of sulfonamides is 1. The van der Waals surface area contributed by atoms with Gasteiger partial charge in [0.1, 0.15) is 10.3 Å². The van der Waals surface area contributed by atoms with Crippen molar-refractivity contribution in [2.45, 2.75) is 24.1 Å². The molecule has 0 saturated carbocycles. The molecule has 0 aliphatic rings. The van der Waals surface area contributed by atoms with Gasteiger partial charge in [0.15, 0.2) is 4.34 Å². The molecule has 19 heavy (non-hydrogen) atoms. The normalized spacial score (nSPS) is 13.2. The second kappa shape index (κ2) is 5.83. The van der Waals surface area contributed by atoms with Crippen molar-refractivity contribution in [3.63, 3.8) is 0 Å². The van der Waals surface area contributed by atoms with Crippen LogP contribution in [0.25, 0.3) is 0 Å². The second-order valence-electron chi connectivity index (χ2n) is 3.95. The zero-order valence-corrected chi connectivity index (χ0v) is 12.3. The molecule has 1 atom stereocenters. The maximum Gasteiger partial charge on any atom is 0.300 e. The summed E-state index contributed by atoms with van der Waals surface area (Å²) >= 11 is 6.18. The smallest absolute Gasteiger partial charge is 0.258 e. The first kappa shape index (κ1) is 15.8. The van der Waals surface area contributed by atoms with Crippen LogP contribution < -0.4 is 4.72 Å². The van der Waals surface area contributed by atoms with Gasteiger partial charge in [-0.15, -0.1) is 11.3 Å². The molecule has 0 radical (unpaired) electrons. The number of nitrogens with zero attached hydrogens (tertiary/aromatic N) is 2. The van der Waals surface area contributed by atoms with Crippen molar-refractivity contribution >= 4 is 38.6 Å². The van der Waals surface area contributed by atoms with Crippen molar-refractivity contribution in [3.05, 3.63) is 20.5 Å². The fourth-order valence-electron chi connectivity index (χ4n) is 1.13. The van der Waals surface area contributed by atoms with Crippen molar-refractivity contribution in [2.24, 2.45) is 5.92 Å². The van der Waals surface area contributed by atoms with Crippen LogP contribution in [0.15, 0.2) is 10.3 Å². The maximum absolute atomic E-state index is 12.0. The highest BCUT2D eigenvalue weighted by Gasteiger charge is 2.28. The molecule has 0 aliphatic heterocycles. The number of nitro groups is 1. The molecule has 0 saturated heterocycles. The van der Waals surface area contributed by atoms with E-state index in [-0.39, 0.29) is 14.5 Å². The highest BCUT2D eigenvalue weighted by atomic mass is 35.5. The Morgan fingerprint density at radius 1 is 1.58 bits per heavy atom. The predicted octanol–water partition coefficient (Wildman–Crippen LogP) is 2.14. The first-order chi connectivity index (χ1) is 8.69. The first-order valence-corrected chi connectivity index (χ1v) is 7.72. The molecule has 1 heterocycles. The van der Waals surface area contributed by atoms with E-state index < -0.39 is 26.7 Å². The van der Waals surface area contributed by atoms with Crippen LogP contribution in [-0.4, -0.2) is 19.4 Å². The molecule has 104 valence electrons. The lowest BCUT2D eigenvalue weighted by molar-refractivity contribution is -0.384. The molecule has 7 nitrogen and oxygen atoms in total. The zero-order valence-electron chi connectivity index (χ0n) is 9.95. The van der Waals surface area contributed by atoms with Gasteiger partial charge in [-0.05, 0) is 5.92 Å². The molecule has 0 amide bonds. The maximum atomic E-state index is 12.0. The Balaban J connectivity index is 3.12. The van der Waals surface area contributed by atoms with E-state index in [2.05, 4.69) is 4.72 Å². The Hall–Kier alpha value is -1.21. The molecule has 0 aliphatic carbocycles. The standard InChI is InChI=1S/C9H10ClN3O4S2/c1-5(2)6(4-11)12-19(16,17)8-3-7(13(14)15)9(10)18-8/h3,5-6,12H,1-2H3. The van der Waals surface area contributed by atoms with Gasteiger partial charge in [0.05, 0.1) is 11.0 Å². The lowest BCUT2D eigenvalue weighted by atomic mass is 10.1. The Bertz CT molecular complexity index is 632. The number of hydrogen-bond donors (Lipinski definition) is 1. The van der Waals surface area contributed by atoms with E-state index in [1.807, 2.05) is 6.07 Å². The monoisotopic (exact) mass is 323 g/mol. The van der Waals surface area contributed by atoms with Gasteiger partial charge in [0.25, 0.3) is 15.7 Å². The molecule has 0 fully saturated rings. The van der Waals surface area contributed by atoms with Crippen molar-refractivity contribution in [3.8, 4) is 6.07 Å². The molecule has 10 heteroatoms. The van der Waals surface area contributed by atoms with Gasteiger partial charge < -0.3 is 0 Å². The molecule has 1 aromatic heterocycles. The highest BCUT2D eigenvalue weighted by Crippen LogP contribution is 2.36. The summed E-state index contributed by atoms with van der Waals surface area (Å²) in [6, 6.07) is 1.79. The lowest BCUT2D eigenvalue weighted by Crippen LogP contribution is -2.36. The minimum absolute atomic E-state index is 0.219. The Morgan fingerprint density at radius 2 is 2.16 bits per heavy atom. The van der Waals surface area contributed by atoms with Gasteiger partial charge in [0, 0.05) is 6.07 Å². The highest BCUT2D eigenvalue weighted by molar-refractivity contribution is 7.91. The van der Waals surface area contributed by atoms with Crippen LogP contribution >= 0.6 is 22.9 Å². The number of halogens is 1. The van der Waals surface area contributed by atoms with Crippen molar-refractivity contribution in [2.75, 3.05) is 0 Å². The van der Waals surface area contributed by atoms with E-state index in [1.165, 1.54) is 0 Å². The summed E-state index contributed by atoms with van der Waals surface area (Å²) in [7, 11) is -3.99. The largest absolute Gasteiger partial charge is 0.300 e. The SMILES string of the molecule is CC(C)C(C#N)NS(=O)(=O)c1cc([N+](=O)[O-])c(Cl)s1. The van der Waals surface area contributed by atoms with Crippen LogP contribution in [0.2, 0.25) is 4.34 Å². The van der Waals surface area contributed by atoms with Crippen molar-refractivity contribution in [1.82, 2.24) is 4.72 Å². The quantitative estimate of drug-likeness (QED) is 0.658. The third-order valence-corrected chi connectivity index (χ3v) is 5.45. The summed E-state index contributed by atoms with van der Waals surface area (Å²) in [4.78, 5) is 9.85. The summed E-state index contributed by atoms with van der Waals surface area (Å²) in [5, 5.41) is 19.5. The topological polar surface area (TPSA) is 113 Å². The van der Waals surface area contributed by atoms with E-state index in [0.29, 0.717) is 11.3 Å². The van der Waals surface area contributed by atoms with E-state index >= 15 is 0 Å². The van der Waals surface area contributed by atoms with Gasteiger partial charge in [0.2, 0.25) is 0 Å². The van der Waals surface area contributed by atoms with Gasteiger partial charge in [-0.2, -0.15) is 9.98 Å². The van der Waals surface area contributed by atoms with E-state index in [4.69, 9.17) is 16.9 Å². The van der Waals surface area contributed by atoms with Crippen LogP contribution in [-0.2, 0) is 10.0 Å². The van der Waals surface area contributed by atoms with Crippen LogP contribution in [0, 0.1) is 27.4 Å². The molecule has 1 rings (SSSR count).